The van der Waals surface area contributed by atoms with Crippen LogP contribution in [-0.2, 0) is 0 Å². The average molecular weight is 293 g/mol. The molecule has 0 aromatic heterocycles. The lowest BCUT2D eigenvalue weighted by molar-refractivity contribution is 0.213. The van der Waals surface area contributed by atoms with E-state index in [0.29, 0.717) is 22.1 Å². The molecule has 0 bridgehead atoms. The van der Waals surface area contributed by atoms with E-state index in [2.05, 4.69) is 0 Å². The Morgan fingerprint density at radius 1 is 1.00 bits per heavy atom. The molecule has 0 aliphatic carbocycles. The van der Waals surface area contributed by atoms with E-state index in [9.17, 15) is 5.11 Å². The average Bonchev–Trinajstić information content (AvgIpc) is 2.46. The second-order valence-electron chi connectivity index (χ2n) is 4.51. The molecule has 2 rings (SSSR count). The van der Waals surface area contributed by atoms with Crippen molar-refractivity contribution in [3.63, 3.8) is 0 Å². The van der Waals surface area contributed by atoms with Gasteiger partial charge < -0.3 is 14.6 Å². The van der Waals surface area contributed by atoms with Crippen LogP contribution in [0.25, 0.3) is 0 Å². The number of aliphatic hydroxyl groups excluding tert-OH is 1. The summed E-state index contributed by atoms with van der Waals surface area (Å²) in [5, 5.41) is 11.3. The van der Waals surface area contributed by atoms with Crippen LogP contribution in [0.1, 0.15) is 22.8 Å². The lowest BCUT2D eigenvalue weighted by Crippen LogP contribution is -2.04. The van der Waals surface area contributed by atoms with Crippen molar-refractivity contribution in [1.29, 1.82) is 0 Å². The molecule has 0 fully saturated rings. The smallest absolute Gasteiger partial charge is 0.125 e. The molecule has 2 aromatic carbocycles. The Bertz CT molecular complexity index is 611. The summed E-state index contributed by atoms with van der Waals surface area (Å²) in [5.74, 6) is 1.29. The maximum Gasteiger partial charge on any atom is 0.125 e. The second kappa shape index (κ2) is 6.16. The number of aryl methyl sites for hydroxylation is 1. The van der Waals surface area contributed by atoms with Gasteiger partial charge >= 0.3 is 0 Å². The van der Waals surface area contributed by atoms with Crippen LogP contribution in [0.5, 0.6) is 11.5 Å². The number of aliphatic hydroxyl groups is 1. The molecule has 3 nitrogen and oxygen atoms in total. The van der Waals surface area contributed by atoms with Gasteiger partial charge in [-0.3, -0.25) is 0 Å². The van der Waals surface area contributed by atoms with Crippen molar-refractivity contribution in [1.82, 2.24) is 0 Å². The number of halogens is 1. The fraction of sp³-hybridized carbons (Fsp3) is 0.250. The van der Waals surface area contributed by atoms with Gasteiger partial charge in [-0.2, -0.15) is 0 Å². The first-order valence-corrected chi connectivity index (χ1v) is 6.60. The SMILES string of the molecule is COc1ccc(OC)c(C(O)c2ccc(Cl)cc2C)c1. The Kier molecular flexibility index (Phi) is 4.53. The zero-order valence-corrected chi connectivity index (χ0v) is 12.4. The van der Waals surface area contributed by atoms with E-state index in [1.54, 1.807) is 38.5 Å². The van der Waals surface area contributed by atoms with Gasteiger partial charge in [-0.05, 0) is 48.4 Å². The van der Waals surface area contributed by atoms with Crippen molar-refractivity contribution < 1.29 is 14.6 Å². The summed E-state index contributed by atoms with van der Waals surface area (Å²) in [7, 11) is 3.16. The van der Waals surface area contributed by atoms with Crippen molar-refractivity contribution in [3.05, 3.63) is 58.1 Å². The van der Waals surface area contributed by atoms with Crippen LogP contribution < -0.4 is 9.47 Å². The summed E-state index contributed by atoms with van der Waals surface area (Å²) in [6.45, 7) is 1.91. The second-order valence-corrected chi connectivity index (χ2v) is 4.95. The van der Waals surface area contributed by atoms with Crippen LogP contribution in [-0.4, -0.2) is 19.3 Å². The van der Waals surface area contributed by atoms with Crippen LogP contribution in [0, 0.1) is 6.92 Å². The number of rotatable bonds is 4. The van der Waals surface area contributed by atoms with Crippen LogP contribution >= 0.6 is 11.6 Å². The predicted molar refractivity (Wildman–Crippen MR) is 79.8 cm³/mol. The van der Waals surface area contributed by atoms with Crippen molar-refractivity contribution in [3.8, 4) is 11.5 Å². The largest absolute Gasteiger partial charge is 0.497 e. The van der Waals surface area contributed by atoms with Gasteiger partial charge in [0.15, 0.2) is 0 Å². The molecule has 0 radical (unpaired) electrons. The number of hydrogen-bond donors (Lipinski definition) is 1. The summed E-state index contributed by atoms with van der Waals surface area (Å²) in [6, 6.07) is 10.8. The molecular weight excluding hydrogens is 276 g/mol. The molecule has 0 saturated heterocycles. The highest BCUT2D eigenvalue weighted by Crippen LogP contribution is 2.34. The molecule has 1 atom stereocenters. The number of benzene rings is 2. The molecule has 0 aliphatic heterocycles. The maximum atomic E-state index is 10.6. The van der Waals surface area contributed by atoms with Gasteiger partial charge in [0, 0.05) is 10.6 Å². The topological polar surface area (TPSA) is 38.7 Å². The predicted octanol–water partition coefficient (Wildman–Crippen LogP) is 3.75. The number of ether oxygens (including phenoxy) is 2. The van der Waals surface area contributed by atoms with Crippen molar-refractivity contribution in [2.24, 2.45) is 0 Å². The minimum absolute atomic E-state index is 0.618. The van der Waals surface area contributed by atoms with E-state index in [-0.39, 0.29) is 0 Å². The maximum absolute atomic E-state index is 10.6. The zero-order valence-electron chi connectivity index (χ0n) is 11.7. The summed E-state index contributed by atoms with van der Waals surface area (Å²) in [6.07, 6.45) is -0.794. The van der Waals surface area contributed by atoms with E-state index in [0.717, 1.165) is 11.1 Å². The van der Waals surface area contributed by atoms with Gasteiger partial charge in [-0.15, -0.1) is 0 Å². The normalized spacial score (nSPS) is 12.1. The Hall–Kier alpha value is -1.71. The Balaban J connectivity index is 2.48. The van der Waals surface area contributed by atoms with Gasteiger partial charge in [-0.25, -0.2) is 0 Å². The Morgan fingerprint density at radius 3 is 2.35 bits per heavy atom. The molecule has 0 saturated carbocycles. The molecule has 0 spiro atoms. The van der Waals surface area contributed by atoms with Crippen LogP contribution in [0.15, 0.2) is 36.4 Å². The molecule has 2 aromatic rings. The Morgan fingerprint density at radius 2 is 1.75 bits per heavy atom. The van der Waals surface area contributed by atoms with Crippen LogP contribution in [0.2, 0.25) is 5.02 Å². The molecule has 0 heterocycles. The third-order valence-corrected chi connectivity index (χ3v) is 3.49. The highest BCUT2D eigenvalue weighted by atomic mass is 35.5. The summed E-state index contributed by atoms with van der Waals surface area (Å²) >= 11 is 5.95. The quantitative estimate of drug-likeness (QED) is 0.933. The van der Waals surface area contributed by atoms with Crippen LogP contribution in [0.4, 0.5) is 0 Å². The third kappa shape index (κ3) is 2.89. The molecule has 1 N–H and O–H groups in total. The Labute approximate surface area is 123 Å². The molecule has 20 heavy (non-hydrogen) atoms. The molecule has 1 unspecified atom stereocenters. The van der Waals surface area contributed by atoms with E-state index >= 15 is 0 Å². The van der Waals surface area contributed by atoms with E-state index in [4.69, 9.17) is 21.1 Å². The summed E-state index contributed by atoms with van der Waals surface area (Å²) in [4.78, 5) is 0. The van der Waals surface area contributed by atoms with Gasteiger partial charge in [0.1, 0.15) is 17.6 Å². The van der Waals surface area contributed by atoms with Crippen LogP contribution in [0.3, 0.4) is 0 Å². The van der Waals surface area contributed by atoms with Crippen molar-refractivity contribution >= 4 is 11.6 Å². The lowest BCUT2D eigenvalue weighted by atomic mass is 9.96. The summed E-state index contributed by atoms with van der Waals surface area (Å²) < 4.78 is 10.5. The first-order chi connectivity index (χ1) is 9.56. The molecule has 106 valence electrons. The first-order valence-electron chi connectivity index (χ1n) is 6.23. The summed E-state index contributed by atoms with van der Waals surface area (Å²) in [5.41, 5.74) is 2.38. The van der Waals surface area contributed by atoms with E-state index in [1.807, 2.05) is 19.1 Å². The van der Waals surface area contributed by atoms with Crippen molar-refractivity contribution in [2.45, 2.75) is 13.0 Å². The lowest BCUT2D eigenvalue weighted by Gasteiger charge is -2.18. The fourth-order valence-electron chi connectivity index (χ4n) is 2.17. The van der Waals surface area contributed by atoms with E-state index < -0.39 is 6.10 Å². The minimum atomic E-state index is -0.794. The molecule has 0 amide bonds. The first kappa shape index (κ1) is 14.7. The standard InChI is InChI=1S/C16H17ClO3/c1-10-8-11(17)4-6-13(10)16(18)14-9-12(19-2)5-7-15(14)20-3/h4-9,16,18H,1-3H3. The number of hydrogen-bond acceptors (Lipinski definition) is 3. The van der Waals surface area contributed by atoms with E-state index in [1.165, 1.54) is 0 Å². The van der Waals surface area contributed by atoms with Gasteiger partial charge in [0.25, 0.3) is 0 Å². The van der Waals surface area contributed by atoms with Gasteiger partial charge in [0.2, 0.25) is 0 Å². The molecule has 4 heteroatoms. The molecule has 0 aliphatic rings. The minimum Gasteiger partial charge on any atom is -0.497 e. The molecular formula is C16H17ClO3. The van der Waals surface area contributed by atoms with Gasteiger partial charge in [0.05, 0.1) is 14.2 Å². The van der Waals surface area contributed by atoms with Crippen molar-refractivity contribution in [2.75, 3.05) is 14.2 Å². The highest BCUT2D eigenvalue weighted by molar-refractivity contribution is 6.30. The third-order valence-electron chi connectivity index (χ3n) is 3.26. The monoisotopic (exact) mass is 292 g/mol. The van der Waals surface area contributed by atoms with Gasteiger partial charge in [-0.1, -0.05) is 17.7 Å². The fourth-order valence-corrected chi connectivity index (χ4v) is 2.39. The highest BCUT2D eigenvalue weighted by Gasteiger charge is 2.18. The zero-order chi connectivity index (χ0) is 14.7. The number of methoxy groups -OCH3 is 2.